The molecule has 5 nitrogen and oxygen atoms in total. The summed E-state index contributed by atoms with van der Waals surface area (Å²) in [5, 5.41) is 5.78. The first-order valence-corrected chi connectivity index (χ1v) is 8.67. The van der Waals surface area contributed by atoms with Gasteiger partial charge in [-0.1, -0.05) is 61.7 Å². The maximum Gasteiger partial charge on any atom is 0.338 e. The van der Waals surface area contributed by atoms with Gasteiger partial charge in [0.1, 0.15) is 3.74 Å². The molecule has 0 aliphatic carbocycles. The van der Waals surface area contributed by atoms with Gasteiger partial charge in [-0.25, -0.2) is 9.59 Å². The smallest absolute Gasteiger partial charge is 0.338 e. The normalized spacial score (nSPS) is 18.0. The maximum absolute atomic E-state index is 12.4. The Hall–Kier alpha value is -1.05. The van der Waals surface area contributed by atoms with Crippen LogP contribution in [0.15, 0.2) is 35.5 Å². The number of benzene rings is 1. The highest BCUT2D eigenvalue weighted by Gasteiger charge is 2.36. The molecule has 0 spiro atoms. The summed E-state index contributed by atoms with van der Waals surface area (Å²) in [6.07, 6.45) is 0. The van der Waals surface area contributed by atoms with Gasteiger partial charge in [-0.2, -0.15) is 0 Å². The van der Waals surface area contributed by atoms with E-state index >= 15 is 0 Å². The number of hydrogen-bond acceptors (Lipinski definition) is 3. The molecule has 0 radical (unpaired) electrons. The first kappa shape index (κ1) is 17.3. The van der Waals surface area contributed by atoms with E-state index in [4.69, 9.17) is 16.3 Å². The van der Waals surface area contributed by atoms with E-state index in [1.807, 2.05) is 0 Å². The van der Waals surface area contributed by atoms with E-state index in [1.54, 1.807) is 31.2 Å². The lowest BCUT2D eigenvalue weighted by atomic mass is 9.95. The molecule has 0 aromatic heterocycles. The second-order valence-corrected chi connectivity index (χ2v) is 7.87. The Kier molecular flexibility index (Phi) is 5.88. The number of amides is 2. The predicted molar refractivity (Wildman–Crippen MR) is 91.2 cm³/mol. The van der Waals surface area contributed by atoms with Crippen molar-refractivity contribution in [3.8, 4) is 0 Å². The van der Waals surface area contributed by atoms with E-state index in [2.05, 4.69) is 42.5 Å². The Labute approximate surface area is 149 Å². The number of carbonyl (C=O) groups is 2. The summed E-state index contributed by atoms with van der Waals surface area (Å²) in [7, 11) is 0. The van der Waals surface area contributed by atoms with E-state index < -0.39 is 21.8 Å². The number of hydrogen-bond donors (Lipinski definition) is 2. The monoisotopic (exact) mass is 450 g/mol. The number of alkyl halides is 2. The summed E-state index contributed by atoms with van der Waals surface area (Å²) in [6.45, 7) is 1.95. The van der Waals surface area contributed by atoms with Gasteiger partial charge >= 0.3 is 12.0 Å². The average Bonchev–Trinajstić information content (AvgIpc) is 2.46. The lowest BCUT2D eigenvalue weighted by Gasteiger charge is -2.30. The van der Waals surface area contributed by atoms with Crippen LogP contribution in [0, 0.1) is 0 Å². The van der Waals surface area contributed by atoms with Crippen molar-refractivity contribution < 1.29 is 14.3 Å². The Morgan fingerprint density at radius 2 is 2.09 bits per heavy atom. The van der Waals surface area contributed by atoms with E-state index in [9.17, 15) is 9.59 Å². The van der Waals surface area contributed by atoms with Gasteiger partial charge < -0.3 is 15.4 Å². The fourth-order valence-electron chi connectivity index (χ4n) is 2.14. The molecule has 0 saturated heterocycles. The highest BCUT2D eigenvalue weighted by Crippen LogP contribution is 2.35. The molecule has 1 aliphatic heterocycles. The maximum atomic E-state index is 12.4. The molecule has 1 aromatic carbocycles. The average molecular weight is 453 g/mol. The molecule has 1 aromatic rings. The van der Waals surface area contributed by atoms with Crippen LogP contribution in [-0.4, -0.2) is 22.3 Å². The zero-order valence-electron chi connectivity index (χ0n) is 11.5. The van der Waals surface area contributed by atoms with E-state index in [0.29, 0.717) is 21.9 Å². The van der Waals surface area contributed by atoms with Crippen molar-refractivity contribution in [1.82, 2.24) is 10.6 Å². The number of carbonyl (C=O) groups excluding carboxylic acids is 2. The summed E-state index contributed by atoms with van der Waals surface area (Å²) in [6, 6.07) is 5.92. The third-order valence-electron chi connectivity index (χ3n) is 3.03. The number of allylic oxidation sites excluding steroid dienone is 1. The SMILES string of the molecule is CCOC(=O)C1=C(C(Br)Br)NC(=O)N[C@H]1c1ccccc1Cl. The highest BCUT2D eigenvalue weighted by molar-refractivity contribution is 9.24. The van der Waals surface area contributed by atoms with Crippen LogP contribution in [-0.2, 0) is 9.53 Å². The molecule has 2 N–H and O–H groups in total. The van der Waals surface area contributed by atoms with Crippen LogP contribution >= 0.6 is 43.5 Å². The van der Waals surface area contributed by atoms with Crippen LogP contribution in [0.4, 0.5) is 4.79 Å². The first-order valence-electron chi connectivity index (χ1n) is 6.47. The molecule has 8 heteroatoms. The molecular formula is C14H13Br2ClN2O3. The minimum Gasteiger partial charge on any atom is -0.463 e. The molecule has 2 amide bonds. The highest BCUT2D eigenvalue weighted by atomic mass is 79.9. The zero-order valence-corrected chi connectivity index (χ0v) is 15.5. The molecule has 0 unspecified atom stereocenters. The second-order valence-electron chi connectivity index (χ2n) is 4.40. The van der Waals surface area contributed by atoms with Crippen LogP contribution in [0.25, 0.3) is 0 Å². The van der Waals surface area contributed by atoms with Gasteiger partial charge in [0.2, 0.25) is 0 Å². The Morgan fingerprint density at radius 1 is 1.41 bits per heavy atom. The van der Waals surface area contributed by atoms with Gasteiger partial charge in [0, 0.05) is 5.02 Å². The Bertz CT molecular complexity index is 634. The minimum absolute atomic E-state index is 0.230. The predicted octanol–water partition coefficient (Wildman–Crippen LogP) is 3.63. The number of ether oxygens (including phenoxy) is 1. The molecule has 0 saturated carbocycles. The first-order chi connectivity index (χ1) is 10.5. The number of nitrogens with one attached hydrogen (secondary N) is 2. The fourth-order valence-corrected chi connectivity index (χ4v) is 3.10. The van der Waals surface area contributed by atoms with Crippen LogP contribution in [0.2, 0.25) is 5.02 Å². The van der Waals surface area contributed by atoms with Gasteiger partial charge in [0.05, 0.1) is 23.9 Å². The van der Waals surface area contributed by atoms with Crippen molar-refractivity contribution in [2.75, 3.05) is 6.61 Å². The molecule has 0 fully saturated rings. The standard InChI is InChI=1S/C14H13Br2ClN2O3/c1-2-22-13(20)9-10(7-5-3-4-6-8(7)17)18-14(21)19-11(9)12(15)16/h3-6,10,12H,2H2,1H3,(H2,18,19,21)/t10-/m0/s1. The summed E-state index contributed by atoms with van der Waals surface area (Å²) in [5.41, 5.74) is 1.32. The topological polar surface area (TPSA) is 67.4 Å². The molecule has 1 heterocycles. The minimum atomic E-state index is -0.686. The van der Waals surface area contributed by atoms with Crippen molar-refractivity contribution in [2.45, 2.75) is 16.7 Å². The van der Waals surface area contributed by atoms with E-state index in [-0.39, 0.29) is 6.61 Å². The molecule has 2 rings (SSSR count). The van der Waals surface area contributed by atoms with Crippen molar-refractivity contribution in [1.29, 1.82) is 0 Å². The van der Waals surface area contributed by atoms with Crippen LogP contribution in [0.3, 0.4) is 0 Å². The van der Waals surface area contributed by atoms with Crippen LogP contribution in [0.1, 0.15) is 18.5 Å². The molecule has 118 valence electrons. The Morgan fingerprint density at radius 3 is 2.68 bits per heavy atom. The molecule has 1 atom stereocenters. The van der Waals surface area contributed by atoms with Crippen LogP contribution in [0.5, 0.6) is 0 Å². The van der Waals surface area contributed by atoms with Gasteiger partial charge in [-0.05, 0) is 18.6 Å². The molecule has 0 bridgehead atoms. The largest absolute Gasteiger partial charge is 0.463 e. The second kappa shape index (κ2) is 7.48. The van der Waals surface area contributed by atoms with E-state index in [1.165, 1.54) is 0 Å². The Balaban J connectivity index is 2.58. The van der Waals surface area contributed by atoms with Crippen molar-refractivity contribution in [3.05, 3.63) is 46.1 Å². The molecular weight excluding hydrogens is 439 g/mol. The quantitative estimate of drug-likeness (QED) is 0.542. The van der Waals surface area contributed by atoms with Crippen molar-refractivity contribution >= 4 is 55.5 Å². The van der Waals surface area contributed by atoms with Crippen molar-refractivity contribution in [3.63, 3.8) is 0 Å². The summed E-state index contributed by atoms with van der Waals surface area (Å²) in [5.74, 6) is -0.515. The number of halogens is 3. The van der Waals surface area contributed by atoms with Gasteiger partial charge in [0.25, 0.3) is 0 Å². The summed E-state index contributed by atoms with van der Waals surface area (Å²) < 4.78 is 4.71. The van der Waals surface area contributed by atoms with Gasteiger partial charge in [0.15, 0.2) is 0 Å². The van der Waals surface area contributed by atoms with Crippen molar-refractivity contribution in [2.24, 2.45) is 0 Å². The summed E-state index contributed by atoms with van der Waals surface area (Å²) >= 11 is 12.8. The number of urea groups is 1. The lowest BCUT2D eigenvalue weighted by molar-refractivity contribution is -0.139. The molecule has 22 heavy (non-hydrogen) atoms. The fraction of sp³-hybridized carbons (Fsp3) is 0.286. The number of rotatable bonds is 4. The summed E-state index contributed by atoms with van der Waals surface area (Å²) in [4.78, 5) is 24.3. The lowest BCUT2D eigenvalue weighted by Crippen LogP contribution is -2.47. The molecule has 1 aliphatic rings. The number of esters is 1. The van der Waals surface area contributed by atoms with Crippen LogP contribution < -0.4 is 10.6 Å². The van der Waals surface area contributed by atoms with Gasteiger partial charge in [-0.3, -0.25) is 0 Å². The van der Waals surface area contributed by atoms with Gasteiger partial charge in [-0.15, -0.1) is 0 Å². The third-order valence-corrected chi connectivity index (χ3v) is 4.29. The van der Waals surface area contributed by atoms with E-state index in [0.717, 1.165) is 0 Å². The third kappa shape index (κ3) is 3.64. The zero-order chi connectivity index (χ0) is 16.3.